The van der Waals surface area contributed by atoms with E-state index in [9.17, 15) is 14.4 Å². The molecule has 0 aromatic heterocycles. The first kappa shape index (κ1) is 24.7. The van der Waals surface area contributed by atoms with Crippen LogP contribution in [-0.2, 0) is 17.6 Å². The third-order valence-corrected chi connectivity index (χ3v) is 7.24. The van der Waals surface area contributed by atoms with E-state index in [0.717, 1.165) is 24.0 Å². The first-order chi connectivity index (χ1) is 18.0. The van der Waals surface area contributed by atoms with Crippen LogP contribution in [-0.4, -0.2) is 59.0 Å². The second-order valence-electron chi connectivity index (χ2n) is 9.94. The molecule has 7 heteroatoms. The van der Waals surface area contributed by atoms with Gasteiger partial charge >= 0.3 is 6.03 Å². The lowest BCUT2D eigenvalue weighted by molar-refractivity contribution is -0.133. The second-order valence-corrected chi connectivity index (χ2v) is 9.94. The predicted octanol–water partition coefficient (Wildman–Crippen LogP) is 3.61. The Balaban J connectivity index is 1.24. The number of carbonyl (C=O) groups is 3. The van der Waals surface area contributed by atoms with Gasteiger partial charge in [0.05, 0.1) is 6.67 Å². The molecule has 5 rings (SSSR count). The average Bonchev–Trinajstić information content (AvgIpc) is 3.15. The monoisotopic (exact) mass is 496 g/mol. The number of hydrogen-bond donors (Lipinski definition) is 2. The predicted molar refractivity (Wildman–Crippen MR) is 142 cm³/mol. The van der Waals surface area contributed by atoms with Crippen molar-refractivity contribution in [3.63, 3.8) is 0 Å². The van der Waals surface area contributed by atoms with Crippen molar-refractivity contribution < 1.29 is 14.4 Å². The first-order valence-electron chi connectivity index (χ1n) is 12.8. The number of imide groups is 1. The molecular weight excluding hydrogens is 464 g/mol. The van der Waals surface area contributed by atoms with Crippen LogP contribution in [0.2, 0.25) is 0 Å². The van der Waals surface area contributed by atoms with Crippen LogP contribution in [0.3, 0.4) is 0 Å². The molecule has 2 fully saturated rings. The Bertz CT molecular complexity index is 1180. The van der Waals surface area contributed by atoms with E-state index in [1.165, 1.54) is 4.90 Å². The average molecular weight is 497 g/mol. The normalized spacial score (nSPS) is 18.0. The molecule has 0 bridgehead atoms. The van der Waals surface area contributed by atoms with Crippen LogP contribution in [0, 0.1) is 0 Å². The van der Waals surface area contributed by atoms with Crippen molar-refractivity contribution in [1.29, 1.82) is 0 Å². The third-order valence-electron chi connectivity index (χ3n) is 7.24. The first-order valence-corrected chi connectivity index (χ1v) is 12.8. The number of carbonyl (C=O) groups excluding carboxylic acids is 3. The van der Waals surface area contributed by atoms with Crippen LogP contribution in [0.1, 0.15) is 34.3 Å². The summed E-state index contributed by atoms with van der Waals surface area (Å²) in [4.78, 5) is 42.9. The maximum Gasteiger partial charge on any atom is 0.326 e. The Kier molecular flexibility index (Phi) is 7.32. The summed E-state index contributed by atoms with van der Waals surface area (Å²) < 4.78 is 0. The molecule has 7 nitrogen and oxygen atoms in total. The minimum absolute atomic E-state index is 0.0697. The largest absolute Gasteiger partial charge is 0.349 e. The zero-order valence-corrected chi connectivity index (χ0v) is 20.8. The minimum atomic E-state index is -1.03. The van der Waals surface area contributed by atoms with Gasteiger partial charge in [-0.2, -0.15) is 0 Å². The molecule has 2 saturated heterocycles. The SMILES string of the molecule is O=C(NC1CCN(CN2C(=O)NC(Cc3ccccc3)(Cc3ccccc3)C2=O)CC1)c1ccccc1. The fourth-order valence-electron chi connectivity index (χ4n) is 5.27. The summed E-state index contributed by atoms with van der Waals surface area (Å²) in [6.45, 7) is 1.64. The molecule has 0 saturated carbocycles. The maximum atomic E-state index is 13.8. The molecule has 37 heavy (non-hydrogen) atoms. The Labute approximate surface area is 217 Å². The van der Waals surface area contributed by atoms with Gasteiger partial charge < -0.3 is 10.6 Å². The van der Waals surface area contributed by atoms with Gasteiger partial charge in [-0.25, -0.2) is 9.69 Å². The number of nitrogens with zero attached hydrogens (tertiary/aromatic N) is 2. The fraction of sp³-hybridized carbons (Fsp3) is 0.300. The highest BCUT2D eigenvalue weighted by Crippen LogP contribution is 2.28. The molecule has 190 valence electrons. The molecule has 0 atom stereocenters. The number of benzene rings is 3. The van der Waals surface area contributed by atoms with Gasteiger partial charge in [0.1, 0.15) is 5.54 Å². The van der Waals surface area contributed by atoms with Crippen LogP contribution >= 0.6 is 0 Å². The molecule has 2 N–H and O–H groups in total. The van der Waals surface area contributed by atoms with E-state index in [1.54, 1.807) is 12.1 Å². The second kappa shape index (κ2) is 11.0. The van der Waals surface area contributed by atoms with Crippen LogP contribution < -0.4 is 10.6 Å². The number of likely N-dealkylation sites (tertiary alicyclic amines) is 1. The van der Waals surface area contributed by atoms with Crippen molar-refractivity contribution in [3.05, 3.63) is 108 Å². The zero-order chi connectivity index (χ0) is 25.7. The summed E-state index contributed by atoms with van der Waals surface area (Å²) in [5, 5.41) is 6.17. The van der Waals surface area contributed by atoms with Gasteiger partial charge in [0, 0.05) is 37.5 Å². The van der Waals surface area contributed by atoms with Gasteiger partial charge in [0.25, 0.3) is 11.8 Å². The van der Waals surface area contributed by atoms with Gasteiger partial charge in [-0.15, -0.1) is 0 Å². The molecule has 0 radical (unpaired) electrons. The molecule has 2 aliphatic heterocycles. The Morgan fingerprint density at radius 1 is 0.811 bits per heavy atom. The van der Waals surface area contributed by atoms with E-state index in [1.807, 2.05) is 78.9 Å². The number of amides is 4. The van der Waals surface area contributed by atoms with E-state index in [4.69, 9.17) is 0 Å². The van der Waals surface area contributed by atoms with Crippen molar-refractivity contribution in [2.24, 2.45) is 0 Å². The van der Waals surface area contributed by atoms with Crippen molar-refractivity contribution >= 4 is 17.8 Å². The summed E-state index contributed by atoms with van der Waals surface area (Å²) in [6, 6.07) is 28.6. The van der Waals surface area contributed by atoms with Crippen LogP contribution in [0.5, 0.6) is 0 Å². The Morgan fingerprint density at radius 3 is 1.86 bits per heavy atom. The van der Waals surface area contributed by atoms with Crippen LogP contribution in [0.15, 0.2) is 91.0 Å². The van der Waals surface area contributed by atoms with E-state index in [-0.39, 0.29) is 30.6 Å². The van der Waals surface area contributed by atoms with Crippen molar-refractivity contribution in [2.45, 2.75) is 37.3 Å². The van der Waals surface area contributed by atoms with Gasteiger partial charge in [-0.3, -0.25) is 14.5 Å². The zero-order valence-electron chi connectivity index (χ0n) is 20.8. The molecule has 4 amide bonds. The number of urea groups is 1. The maximum absolute atomic E-state index is 13.8. The van der Waals surface area contributed by atoms with Crippen molar-refractivity contribution in [1.82, 2.24) is 20.4 Å². The third kappa shape index (κ3) is 5.73. The highest BCUT2D eigenvalue weighted by Gasteiger charge is 2.51. The molecule has 0 unspecified atom stereocenters. The topological polar surface area (TPSA) is 81.8 Å². The molecule has 0 aliphatic carbocycles. The standard InChI is InChI=1S/C30H32N4O3/c35-27(25-14-8-3-9-15-25)31-26-16-18-33(19-17-26)22-34-28(36)30(32-29(34)37,20-23-10-4-1-5-11-23)21-24-12-6-2-7-13-24/h1-15,26H,16-22H2,(H,31,35)(H,32,37). The summed E-state index contributed by atoms with van der Waals surface area (Å²) in [5.74, 6) is -0.260. The van der Waals surface area contributed by atoms with E-state index in [0.29, 0.717) is 31.5 Å². The fourth-order valence-corrected chi connectivity index (χ4v) is 5.27. The molecule has 3 aromatic rings. The Morgan fingerprint density at radius 2 is 1.32 bits per heavy atom. The van der Waals surface area contributed by atoms with Gasteiger partial charge in [-0.05, 0) is 36.1 Å². The van der Waals surface area contributed by atoms with E-state index < -0.39 is 5.54 Å². The lowest BCUT2D eigenvalue weighted by Gasteiger charge is -2.34. The highest BCUT2D eigenvalue weighted by atomic mass is 16.2. The summed E-state index contributed by atoms with van der Waals surface area (Å²) >= 11 is 0. The quantitative estimate of drug-likeness (QED) is 0.467. The number of hydrogen-bond acceptors (Lipinski definition) is 4. The Hall–Kier alpha value is -3.97. The number of piperidine rings is 1. The highest BCUT2D eigenvalue weighted by molar-refractivity contribution is 6.07. The van der Waals surface area contributed by atoms with Crippen LogP contribution in [0.4, 0.5) is 4.79 Å². The molecule has 3 aromatic carbocycles. The minimum Gasteiger partial charge on any atom is -0.349 e. The molecule has 2 heterocycles. The van der Waals surface area contributed by atoms with Gasteiger partial charge in [-0.1, -0.05) is 78.9 Å². The van der Waals surface area contributed by atoms with E-state index >= 15 is 0 Å². The number of nitrogens with one attached hydrogen (secondary N) is 2. The lowest BCUT2D eigenvalue weighted by atomic mass is 9.84. The van der Waals surface area contributed by atoms with Gasteiger partial charge in [0.15, 0.2) is 0 Å². The lowest BCUT2D eigenvalue weighted by Crippen LogP contribution is -2.52. The molecule has 2 aliphatic rings. The summed E-state index contributed by atoms with van der Waals surface area (Å²) in [5.41, 5.74) is 1.63. The molecule has 0 spiro atoms. The smallest absolute Gasteiger partial charge is 0.326 e. The molecular formula is C30H32N4O3. The van der Waals surface area contributed by atoms with E-state index in [2.05, 4.69) is 15.5 Å². The summed E-state index contributed by atoms with van der Waals surface area (Å²) in [7, 11) is 0. The van der Waals surface area contributed by atoms with Crippen molar-refractivity contribution in [2.75, 3.05) is 19.8 Å². The van der Waals surface area contributed by atoms with Crippen LogP contribution in [0.25, 0.3) is 0 Å². The summed E-state index contributed by atoms with van der Waals surface area (Å²) in [6.07, 6.45) is 2.39. The number of rotatable bonds is 8. The van der Waals surface area contributed by atoms with Gasteiger partial charge in [0.2, 0.25) is 0 Å². The van der Waals surface area contributed by atoms with Crippen molar-refractivity contribution in [3.8, 4) is 0 Å².